The van der Waals surface area contributed by atoms with Crippen LogP contribution in [-0.2, 0) is 4.74 Å². The summed E-state index contributed by atoms with van der Waals surface area (Å²) < 4.78 is 12.3. The molecule has 0 aromatic carbocycles. The van der Waals surface area contributed by atoms with Gasteiger partial charge < -0.3 is 4.74 Å². The molecular formula is C12H9I3NO2S+. The highest BCUT2D eigenvalue weighted by Crippen LogP contribution is 2.29. The van der Waals surface area contributed by atoms with E-state index in [2.05, 4.69) is 67.8 Å². The van der Waals surface area contributed by atoms with Gasteiger partial charge in [0.05, 0.1) is 5.75 Å². The summed E-state index contributed by atoms with van der Waals surface area (Å²) in [5, 5.41) is 0.962. The lowest BCUT2D eigenvalue weighted by atomic mass is 10.3. The van der Waals surface area contributed by atoms with E-state index in [1.165, 1.54) is 5.70 Å². The van der Waals surface area contributed by atoms with Crippen LogP contribution in [0.15, 0.2) is 35.1 Å². The molecule has 1 aliphatic rings. The van der Waals surface area contributed by atoms with Gasteiger partial charge in [0.15, 0.2) is 6.20 Å². The molecule has 100 valence electrons. The molecule has 0 aliphatic carbocycles. The number of esters is 1. The number of thioether (sulfide) groups is 1. The Morgan fingerprint density at radius 3 is 3.00 bits per heavy atom. The molecule has 7 heteroatoms. The smallest absolute Gasteiger partial charge is 0.345 e. The van der Waals surface area contributed by atoms with Gasteiger partial charge in [0.1, 0.15) is 12.2 Å². The highest BCUT2D eigenvalue weighted by molar-refractivity contribution is 14.1. The van der Waals surface area contributed by atoms with Crippen LogP contribution in [0.25, 0.3) is 5.70 Å². The van der Waals surface area contributed by atoms with Crippen LogP contribution < -0.4 is 4.57 Å². The van der Waals surface area contributed by atoms with Gasteiger partial charge in [-0.1, -0.05) is 22.6 Å². The zero-order valence-corrected chi connectivity index (χ0v) is 16.9. The minimum Gasteiger partial charge on any atom is -0.457 e. The maximum absolute atomic E-state index is 12.1. The predicted octanol–water partition coefficient (Wildman–Crippen LogP) is 4.18. The fraction of sp³-hybridized carbons (Fsp3) is 0.167. The van der Waals surface area contributed by atoms with Crippen molar-refractivity contribution in [3.05, 3.63) is 35.6 Å². The highest BCUT2D eigenvalue weighted by atomic mass is 127. The van der Waals surface area contributed by atoms with Crippen molar-refractivity contribution in [2.75, 3.05) is 12.4 Å². The number of fused-ring (bicyclic) bond motifs is 1. The first kappa shape index (κ1) is 16.0. The van der Waals surface area contributed by atoms with Crippen LogP contribution in [0.5, 0.6) is 0 Å². The Hall–Kier alpha value is 0.640. The molecule has 1 aromatic heterocycles. The Labute approximate surface area is 156 Å². The molecule has 0 saturated carbocycles. The van der Waals surface area contributed by atoms with Crippen molar-refractivity contribution < 1.29 is 14.1 Å². The molecule has 3 nitrogen and oxygen atoms in total. The number of pyridine rings is 1. The number of hydrogen-bond donors (Lipinski definition) is 0. The van der Waals surface area contributed by atoms with Crippen molar-refractivity contribution >= 4 is 91.2 Å². The minimum atomic E-state index is -0.265. The standard InChI is InChI=1S/C12H9I3NO2S/c13-4-8(15)6-18-12(17)10-2-1-3-16-9(5-14)7-19-11(10)16/h1-5H,6-7H2/q+1. The van der Waals surface area contributed by atoms with Gasteiger partial charge >= 0.3 is 5.97 Å². The molecule has 0 spiro atoms. The maximum Gasteiger partial charge on any atom is 0.345 e. The molecule has 0 saturated heterocycles. The topological polar surface area (TPSA) is 30.2 Å². The predicted molar refractivity (Wildman–Crippen MR) is 102 cm³/mol. The van der Waals surface area contributed by atoms with Crippen LogP contribution in [0.3, 0.4) is 0 Å². The lowest BCUT2D eigenvalue weighted by Gasteiger charge is -2.04. The first-order valence-corrected chi connectivity index (χ1v) is 9.82. The fourth-order valence-electron chi connectivity index (χ4n) is 1.56. The van der Waals surface area contributed by atoms with Gasteiger partial charge in [-0.25, -0.2) is 4.79 Å². The highest BCUT2D eigenvalue weighted by Gasteiger charge is 2.31. The van der Waals surface area contributed by atoms with E-state index in [-0.39, 0.29) is 5.97 Å². The second-order valence-corrected chi connectivity index (χ2v) is 7.21. The molecule has 2 heterocycles. The summed E-state index contributed by atoms with van der Waals surface area (Å²) in [6.45, 7) is 0.330. The van der Waals surface area contributed by atoms with Crippen molar-refractivity contribution in [1.29, 1.82) is 0 Å². The second-order valence-electron chi connectivity index (χ2n) is 3.62. The van der Waals surface area contributed by atoms with Gasteiger partial charge in [0, 0.05) is 13.7 Å². The van der Waals surface area contributed by atoms with E-state index in [4.69, 9.17) is 4.74 Å². The second kappa shape index (κ2) is 7.59. The van der Waals surface area contributed by atoms with E-state index < -0.39 is 0 Å². The number of hydrogen-bond acceptors (Lipinski definition) is 3. The average Bonchev–Trinajstić information content (AvgIpc) is 2.87. The summed E-state index contributed by atoms with van der Waals surface area (Å²) in [5.74, 6) is 0.622. The maximum atomic E-state index is 12.1. The molecule has 1 aliphatic heterocycles. The number of aromatic nitrogens is 1. The van der Waals surface area contributed by atoms with E-state index >= 15 is 0 Å². The third-order valence-electron chi connectivity index (χ3n) is 2.42. The van der Waals surface area contributed by atoms with Gasteiger partial charge in [-0.15, -0.1) is 0 Å². The molecule has 0 fully saturated rings. The normalized spacial score (nSPS) is 16.6. The van der Waals surface area contributed by atoms with Crippen LogP contribution in [-0.4, -0.2) is 18.3 Å². The van der Waals surface area contributed by atoms with E-state index in [0.29, 0.717) is 12.2 Å². The zero-order valence-electron chi connectivity index (χ0n) is 9.61. The monoisotopic (exact) mass is 612 g/mol. The molecular weight excluding hydrogens is 603 g/mol. The van der Waals surface area contributed by atoms with Gasteiger partial charge in [-0.3, -0.25) is 0 Å². The van der Waals surface area contributed by atoms with Crippen molar-refractivity contribution in [3.8, 4) is 0 Å². The summed E-state index contributed by atoms with van der Waals surface area (Å²) in [7, 11) is 0. The molecule has 0 atom stereocenters. The molecule has 2 rings (SSSR count). The Bertz CT molecular complexity index is 572. The van der Waals surface area contributed by atoms with Crippen LogP contribution in [0, 0.1) is 0 Å². The molecule has 0 radical (unpaired) electrons. The van der Waals surface area contributed by atoms with Gasteiger partial charge in [0.2, 0.25) is 5.70 Å². The average molecular weight is 612 g/mol. The van der Waals surface area contributed by atoms with E-state index in [0.717, 1.165) is 14.4 Å². The van der Waals surface area contributed by atoms with E-state index in [1.807, 2.05) is 31.1 Å². The first-order valence-electron chi connectivity index (χ1n) is 5.26. The zero-order chi connectivity index (χ0) is 13.8. The summed E-state index contributed by atoms with van der Waals surface area (Å²) >= 11 is 8.19. The number of ether oxygens (including phenoxy) is 1. The Balaban J connectivity index is 2.23. The van der Waals surface area contributed by atoms with E-state index in [1.54, 1.807) is 11.8 Å². The van der Waals surface area contributed by atoms with Crippen LogP contribution in [0.2, 0.25) is 0 Å². The van der Waals surface area contributed by atoms with Crippen molar-refractivity contribution in [3.63, 3.8) is 0 Å². The van der Waals surface area contributed by atoms with Crippen molar-refractivity contribution in [2.45, 2.75) is 5.03 Å². The molecule has 0 unspecified atom stereocenters. The first-order chi connectivity index (χ1) is 9.17. The van der Waals surface area contributed by atoms with Crippen molar-refractivity contribution in [1.82, 2.24) is 0 Å². The molecule has 0 amide bonds. The Kier molecular flexibility index (Phi) is 6.40. The summed E-state index contributed by atoms with van der Waals surface area (Å²) in [6.07, 6.45) is 1.98. The summed E-state index contributed by atoms with van der Waals surface area (Å²) in [5.41, 5.74) is 1.83. The lowest BCUT2D eigenvalue weighted by molar-refractivity contribution is -0.618. The minimum absolute atomic E-state index is 0.265. The number of carbonyl (C=O) groups is 1. The Morgan fingerprint density at radius 1 is 1.53 bits per heavy atom. The third kappa shape index (κ3) is 3.84. The largest absolute Gasteiger partial charge is 0.457 e. The van der Waals surface area contributed by atoms with Crippen molar-refractivity contribution in [2.24, 2.45) is 0 Å². The van der Waals surface area contributed by atoms with Crippen LogP contribution >= 0.6 is 79.5 Å². The molecule has 0 N–H and O–H groups in total. The quantitative estimate of drug-likeness (QED) is 0.292. The molecule has 19 heavy (non-hydrogen) atoms. The van der Waals surface area contributed by atoms with Gasteiger partial charge in [-0.05, 0) is 67.1 Å². The third-order valence-corrected chi connectivity index (χ3v) is 6.83. The number of nitrogens with zero attached hydrogens (tertiary/aromatic N) is 1. The Morgan fingerprint density at radius 2 is 2.32 bits per heavy atom. The van der Waals surface area contributed by atoms with Gasteiger partial charge in [0.25, 0.3) is 5.03 Å². The number of carbonyl (C=O) groups excluding carboxylic acids is 1. The molecule has 0 bridgehead atoms. The number of rotatable bonds is 3. The fourth-order valence-corrected chi connectivity index (χ4v) is 3.85. The van der Waals surface area contributed by atoms with Gasteiger partial charge in [-0.2, -0.15) is 4.57 Å². The summed E-state index contributed by atoms with van der Waals surface area (Å²) in [4.78, 5) is 12.1. The summed E-state index contributed by atoms with van der Waals surface area (Å²) in [6, 6.07) is 3.70. The SMILES string of the molecule is O=C(OCC(I)=CI)c1ccc[n+]2c1SCC2=CI. The van der Waals surface area contributed by atoms with Crippen LogP contribution in [0.1, 0.15) is 10.4 Å². The molecule has 1 aromatic rings. The van der Waals surface area contributed by atoms with E-state index in [9.17, 15) is 4.79 Å². The van der Waals surface area contributed by atoms with Crippen LogP contribution in [0.4, 0.5) is 0 Å². The lowest BCUT2D eigenvalue weighted by Crippen LogP contribution is -2.32. The number of halogens is 3.